The third-order valence-electron chi connectivity index (χ3n) is 5.65. The number of hydrogen-bond donors (Lipinski definition) is 1. The van der Waals surface area contributed by atoms with Crippen LogP contribution < -0.4 is 15.0 Å². The molecule has 1 aromatic heterocycles. The van der Waals surface area contributed by atoms with E-state index < -0.39 is 10.0 Å². The Kier molecular flexibility index (Phi) is 7.90. The highest BCUT2D eigenvalue weighted by molar-refractivity contribution is 7.89. The van der Waals surface area contributed by atoms with E-state index in [1.165, 1.54) is 4.31 Å². The minimum absolute atomic E-state index is 0.138. The van der Waals surface area contributed by atoms with E-state index in [1.807, 2.05) is 25.1 Å². The van der Waals surface area contributed by atoms with Crippen LogP contribution in [0.4, 0.5) is 11.5 Å². The number of amides is 1. The fourth-order valence-electron chi connectivity index (χ4n) is 3.75. The lowest BCUT2D eigenvalue weighted by Crippen LogP contribution is -2.35. The lowest BCUT2D eigenvalue weighted by atomic mass is 10.2. The highest BCUT2D eigenvalue weighted by Crippen LogP contribution is 2.21. The Hall–Kier alpha value is -3.14. The van der Waals surface area contributed by atoms with E-state index in [1.54, 1.807) is 48.7 Å². The number of pyridine rings is 1. The molecule has 0 saturated carbocycles. The Morgan fingerprint density at radius 3 is 2.43 bits per heavy atom. The van der Waals surface area contributed by atoms with Crippen molar-refractivity contribution < 1.29 is 17.9 Å². The second-order valence-electron chi connectivity index (χ2n) is 8.25. The summed E-state index contributed by atoms with van der Waals surface area (Å²) in [6.45, 7) is 3.83. The van der Waals surface area contributed by atoms with E-state index in [9.17, 15) is 13.2 Å². The molecule has 3 aromatic rings. The fraction of sp³-hybridized carbons (Fsp3) is 0.280. The van der Waals surface area contributed by atoms with Crippen LogP contribution >= 0.6 is 11.6 Å². The predicted molar refractivity (Wildman–Crippen MR) is 137 cm³/mol. The first-order valence-corrected chi connectivity index (χ1v) is 13.1. The zero-order valence-electron chi connectivity index (χ0n) is 19.4. The molecule has 8 nitrogen and oxygen atoms in total. The molecule has 0 atom stereocenters. The smallest absolute Gasteiger partial charge is 0.262 e. The van der Waals surface area contributed by atoms with Crippen LogP contribution in [-0.4, -0.2) is 56.4 Å². The summed E-state index contributed by atoms with van der Waals surface area (Å²) in [6, 6.07) is 17.3. The molecule has 10 heteroatoms. The number of hydrogen-bond acceptors (Lipinski definition) is 6. The molecule has 1 aliphatic rings. The van der Waals surface area contributed by atoms with E-state index in [-0.39, 0.29) is 12.5 Å². The first kappa shape index (κ1) is 25.0. The number of halogens is 1. The number of carbonyl (C=O) groups excluding carboxylic acids is 1. The highest BCUT2D eigenvalue weighted by atomic mass is 35.5. The van der Waals surface area contributed by atoms with Gasteiger partial charge in [-0.05, 0) is 61.9 Å². The maximum atomic E-state index is 13.0. The Bertz CT molecular complexity index is 1250. The largest absolute Gasteiger partial charge is 0.484 e. The SMILES string of the molecule is Cc1ccc(S(=O)(=O)N2CCCN(c3ccc(NC(=O)COc4ccc(Cl)cc4)cn3)CC2)cc1. The van der Waals surface area contributed by atoms with Gasteiger partial charge in [0.1, 0.15) is 11.6 Å². The van der Waals surface area contributed by atoms with Crippen molar-refractivity contribution in [2.75, 3.05) is 43.0 Å². The summed E-state index contributed by atoms with van der Waals surface area (Å²) < 4.78 is 33.1. The number of carbonyl (C=O) groups is 1. The summed E-state index contributed by atoms with van der Waals surface area (Å²) in [7, 11) is -3.54. The minimum Gasteiger partial charge on any atom is -0.484 e. The molecule has 0 unspecified atom stereocenters. The van der Waals surface area contributed by atoms with E-state index in [4.69, 9.17) is 16.3 Å². The summed E-state index contributed by atoms with van der Waals surface area (Å²) >= 11 is 5.84. The average Bonchev–Trinajstić information content (AvgIpc) is 3.12. The van der Waals surface area contributed by atoms with Crippen LogP contribution in [0.15, 0.2) is 71.8 Å². The number of ether oxygens (including phenoxy) is 1. The molecule has 1 fully saturated rings. The molecule has 1 amide bonds. The monoisotopic (exact) mass is 514 g/mol. The average molecular weight is 515 g/mol. The summed E-state index contributed by atoms with van der Waals surface area (Å²) in [5.74, 6) is 0.980. The maximum absolute atomic E-state index is 13.0. The van der Waals surface area contributed by atoms with Crippen LogP contribution in [0.3, 0.4) is 0 Å². The van der Waals surface area contributed by atoms with Gasteiger partial charge in [-0.3, -0.25) is 4.79 Å². The van der Waals surface area contributed by atoms with Gasteiger partial charge in [0.25, 0.3) is 5.91 Å². The molecular formula is C25H27ClN4O4S. The van der Waals surface area contributed by atoms with Crippen molar-refractivity contribution in [2.45, 2.75) is 18.2 Å². The summed E-state index contributed by atoms with van der Waals surface area (Å²) in [4.78, 5) is 19.0. The van der Waals surface area contributed by atoms with Gasteiger partial charge in [-0.25, -0.2) is 13.4 Å². The number of aryl methyl sites for hydroxylation is 1. The van der Waals surface area contributed by atoms with Crippen molar-refractivity contribution in [1.82, 2.24) is 9.29 Å². The highest BCUT2D eigenvalue weighted by Gasteiger charge is 2.27. The van der Waals surface area contributed by atoms with Crippen LogP contribution in [0.25, 0.3) is 0 Å². The molecule has 2 aromatic carbocycles. The first-order valence-electron chi connectivity index (χ1n) is 11.3. The van der Waals surface area contributed by atoms with Crippen LogP contribution in [0.5, 0.6) is 5.75 Å². The zero-order valence-corrected chi connectivity index (χ0v) is 20.9. The molecule has 35 heavy (non-hydrogen) atoms. The van der Waals surface area contributed by atoms with Crippen molar-refractivity contribution in [1.29, 1.82) is 0 Å². The molecule has 2 heterocycles. The fourth-order valence-corrected chi connectivity index (χ4v) is 5.34. The van der Waals surface area contributed by atoms with Crippen LogP contribution in [0, 0.1) is 6.92 Å². The van der Waals surface area contributed by atoms with Gasteiger partial charge in [0.05, 0.1) is 16.8 Å². The topological polar surface area (TPSA) is 91.8 Å². The van der Waals surface area contributed by atoms with Crippen molar-refractivity contribution in [3.8, 4) is 5.75 Å². The van der Waals surface area contributed by atoms with Crippen molar-refractivity contribution in [2.24, 2.45) is 0 Å². The number of benzene rings is 2. The van der Waals surface area contributed by atoms with Gasteiger partial charge in [0.15, 0.2) is 6.61 Å². The lowest BCUT2D eigenvalue weighted by molar-refractivity contribution is -0.118. The Balaban J connectivity index is 1.31. The zero-order chi connectivity index (χ0) is 24.8. The van der Waals surface area contributed by atoms with Crippen LogP contribution in [0.2, 0.25) is 5.02 Å². The van der Waals surface area contributed by atoms with Gasteiger partial charge in [-0.1, -0.05) is 29.3 Å². The number of sulfonamides is 1. The number of aromatic nitrogens is 1. The van der Waals surface area contributed by atoms with E-state index in [2.05, 4.69) is 15.2 Å². The van der Waals surface area contributed by atoms with Gasteiger partial charge in [-0.2, -0.15) is 4.31 Å². The van der Waals surface area contributed by atoms with Gasteiger partial charge < -0.3 is 15.0 Å². The summed E-state index contributed by atoms with van der Waals surface area (Å²) in [5, 5.41) is 3.35. The lowest BCUT2D eigenvalue weighted by Gasteiger charge is -2.23. The molecule has 0 aliphatic carbocycles. The molecule has 4 rings (SSSR count). The molecule has 0 bridgehead atoms. The normalized spacial score (nSPS) is 14.9. The Labute approximate surface area is 210 Å². The van der Waals surface area contributed by atoms with E-state index in [0.717, 1.165) is 11.4 Å². The number of nitrogens with one attached hydrogen (secondary N) is 1. The summed E-state index contributed by atoms with van der Waals surface area (Å²) in [5.41, 5.74) is 1.57. The van der Waals surface area contributed by atoms with E-state index >= 15 is 0 Å². The maximum Gasteiger partial charge on any atom is 0.262 e. The van der Waals surface area contributed by atoms with Crippen molar-refractivity contribution >= 4 is 39.0 Å². The number of rotatable bonds is 7. The van der Waals surface area contributed by atoms with Crippen LogP contribution in [-0.2, 0) is 14.8 Å². The molecule has 1 saturated heterocycles. The quantitative estimate of drug-likeness (QED) is 0.513. The molecule has 0 spiro atoms. The Morgan fingerprint density at radius 2 is 1.74 bits per heavy atom. The van der Waals surface area contributed by atoms with Crippen molar-refractivity contribution in [3.63, 3.8) is 0 Å². The second-order valence-corrected chi connectivity index (χ2v) is 10.6. The molecule has 184 valence electrons. The molecule has 1 aliphatic heterocycles. The predicted octanol–water partition coefficient (Wildman–Crippen LogP) is 3.96. The van der Waals surface area contributed by atoms with Gasteiger partial charge in [0, 0.05) is 31.2 Å². The van der Waals surface area contributed by atoms with Gasteiger partial charge in [-0.15, -0.1) is 0 Å². The minimum atomic E-state index is -3.54. The van der Waals surface area contributed by atoms with Crippen LogP contribution in [0.1, 0.15) is 12.0 Å². The van der Waals surface area contributed by atoms with Gasteiger partial charge in [0.2, 0.25) is 10.0 Å². The third-order valence-corrected chi connectivity index (χ3v) is 7.82. The molecular weight excluding hydrogens is 488 g/mol. The summed E-state index contributed by atoms with van der Waals surface area (Å²) in [6.07, 6.45) is 2.27. The number of anilines is 2. The first-order chi connectivity index (χ1) is 16.8. The third kappa shape index (κ3) is 6.50. The van der Waals surface area contributed by atoms with Gasteiger partial charge >= 0.3 is 0 Å². The standard InChI is InChI=1S/C25H27ClN4O4S/c1-19-3-10-23(11-4-19)35(32,33)30-14-2-13-29(15-16-30)24-12-7-21(17-27-24)28-25(31)18-34-22-8-5-20(26)6-9-22/h3-12,17H,2,13-16,18H2,1H3,(H,28,31). The van der Waals surface area contributed by atoms with E-state index in [0.29, 0.717) is 54.0 Å². The number of nitrogens with zero attached hydrogens (tertiary/aromatic N) is 3. The second kappa shape index (κ2) is 11.1. The molecule has 0 radical (unpaired) electrons. The Morgan fingerprint density at radius 1 is 1.00 bits per heavy atom. The van der Waals surface area contributed by atoms with Crippen molar-refractivity contribution in [3.05, 3.63) is 77.4 Å². The molecule has 1 N–H and O–H groups in total.